The van der Waals surface area contributed by atoms with Crippen molar-refractivity contribution < 1.29 is 26.7 Å². The molecule has 1 heterocycles. The Morgan fingerprint density at radius 1 is 1.19 bits per heavy atom. The monoisotopic (exact) mass is 506 g/mol. The van der Waals surface area contributed by atoms with Crippen molar-refractivity contribution >= 4 is 48.9 Å². The minimum Gasteiger partial charge on any atom is -0.378 e. The summed E-state index contributed by atoms with van der Waals surface area (Å²) in [6.45, 7) is 2.13. The number of thioether (sulfide) groups is 1. The molecule has 1 aromatic heterocycles. The Hall–Kier alpha value is -1.44. The van der Waals surface area contributed by atoms with Crippen molar-refractivity contribution in [2.24, 2.45) is 0 Å². The van der Waals surface area contributed by atoms with E-state index in [0.717, 1.165) is 28.9 Å². The predicted molar refractivity (Wildman–Crippen MR) is 124 cm³/mol. The Morgan fingerprint density at radius 3 is 2.58 bits per heavy atom. The first-order valence-electron chi connectivity index (χ1n) is 9.48. The van der Waals surface area contributed by atoms with Gasteiger partial charge in [0.25, 0.3) is 5.91 Å². The Kier molecular flexibility index (Phi) is 9.52. The van der Waals surface area contributed by atoms with Crippen LogP contribution in [0.15, 0.2) is 45.5 Å². The minimum absolute atomic E-state index is 0.106. The molecule has 0 aliphatic carbocycles. The third-order valence-electron chi connectivity index (χ3n) is 4.08. The van der Waals surface area contributed by atoms with Crippen LogP contribution >= 0.6 is 23.1 Å². The number of rotatable bonds is 12. The molecule has 1 aromatic carbocycles. The lowest BCUT2D eigenvalue weighted by Crippen LogP contribution is -2.34. The van der Waals surface area contributed by atoms with Crippen molar-refractivity contribution in [2.45, 2.75) is 40.9 Å². The van der Waals surface area contributed by atoms with Crippen LogP contribution in [0, 0.1) is 0 Å². The Balaban J connectivity index is 1.76. The summed E-state index contributed by atoms with van der Waals surface area (Å²) >= 11 is 2.55. The highest BCUT2D eigenvalue weighted by atomic mass is 32.2. The number of nitrogens with one attached hydrogen (secondary N) is 2. The van der Waals surface area contributed by atoms with Crippen LogP contribution in [-0.2, 0) is 25.6 Å². The van der Waals surface area contributed by atoms with Crippen molar-refractivity contribution in [1.82, 2.24) is 10.0 Å². The molecule has 31 heavy (non-hydrogen) atoms. The Labute approximate surface area is 191 Å². The van der Waals surface area contributed by atoms with Crippen molar-refractivity contribution in [3.05, 3.63) is 46.8 Å². The highest BCUT2D eigenvalue weighted by Gasteiger charge is 2.18. The number of hydrogen-bond donors (Lipinski definition) is 3. The summed E-state index contributed by atoms with van der Waals surface area (Å²) in [5, 5.41) is 12.3. The Morgan fingerprint density at radius 2 is 1.94 bits per heavy atom. The standard InChI is InChI=1S/C19H26N2O6S4/c1-3-17(22)21-31(26,27)15-7-4-6-14(12-15)13-28-11-5-10-20-19(23)16-8-9-18(29-16)30(2,24)25/h4,6-9,12,17,21-22H,3,5,10-11,13H2,1-2H3,(H,20,23). The van der Waals surface area contributed by atoms with Crippen LogP contribution < -0.4 is 10.0 Å². The number of benzene rings is 1. The van der Waals surface area contributed by atoms with Crippen LogP contribution in [0.4, 0.5) is 0 Å². The lowest BCUT2D eigenvalue weighted by Gasteiger charge is -2.12. The zero-order chi connectivity index (χ0) is 23.1. The summed E-state index contributed by atoms with van der Waals surface area (Å²) < 4.78 is 49.9. The molecule has 1 unspecified atom stereocenters. The van der Waals surface area contributed by atoms with Crippen molar-refractivity contribution in [2.75, 3.05) is 18.6 Å². The van der Waals surface area contributed by atoms with Gasteiger partial charge in [-0.05, 0) is 48.4 Å². The number of carbonyl (C=O) groups is 1. The number of hydrogen-bond acceptors (Lipinski definition) is 8. The molecule has 0 aliphatic heterocycles. The van der Waals surface area contributed by atoms with Gasteiger partial charge in [-0.2, -0.15) is 16.5 Å². The van der Waals surface area contributed by atoms with Gasteiger partial charge in [0.15, 0.2) is 9.84 Å². The molecule has 3 N–H and O–H groups in total. The van der Waals surface area contributed by atoms with Crippen LogP contribution in [0.1, 0.15) is 35.0 Å². The number of thiophene rings is 1. The van der Waals surface area contributed by atoms with E-state index in [0.29, 0.717) is 23.6 Å². The summed E-state index contributed by atoms with van der Waals surface area (Å²) in [7, 11) is -7.08. The highest BCUT2D eigenvalue weighted by Crippen LogP contribution is 2.21. The number of carbonyl (C=O) groups excluding carboxylic acids is 1. The van der Waals surface area contributed by atoms with Gasteiger partial charge in [0.1, 0.15) is 10.4 Å². The maximum atomic E-state index is 12.3. The van der Waals surface area contributed by atoms with Gasteiger partial charge in [-0.15, -0.1) is 11.3 Å². The van der Waals surface area contributed by atoms with Gasteiger partial charge in [0, 0.05) is 18.6 Å². The largest absolute Gasteiger partial charge is 0.378 e. The summed E-state index contributed by atoms with van der Waals surface area (Å²) in [6, 6.07) is 9.48. The average Bonchev–Trinajstić information content (AvgIpc) is 3.21. The molecule has 2 aromatic rings. The van der Waals surface area contributed by atoms with Gasteiger partial charge >= 0.3 is 0 Å². The first kappa shape index (κ1) is 25.8. The molecule has 0 radical (unpaired) electrons. The molecule has 12 heteroatoms. The number of amides is 1. The van der Waals surface area contributed by atoms with Crippen LogP contribution in [0.5, 0.6) is 0 Å². The minimum atomic E-state index is -3.77. The molecule has 1 atom stereocenters. The smallest absolute Gasteiger partial charge is 0.261 e. The summed E-state index contributed by atoms with van der Waals surface area (Å²) in [4.78, 5) is 12.5. The Bertz CT molecular complexity index is 1100. The predicted octanol–water partition coefficient (Wildman–Crippen LogP) is 2.21. The van der Waals surface area contributed by atoms with Crippen LogP contribution in [0.2, 0.25) is 0 Å². The second-order valence-electron chi connectivity index (χ2n) is 6.75. The van der Waals surface area contributed by atoms with E-state index in [2.05, 4.69) is 10.0 Å². The molecule has 0 saturated heterocycles. The van der Waals surface area contributed by atoms with E-state index in [9.17, 15) is 26.7 Å². The fourth-order valence-corrected chi connectivity index (χ4v) is 6.40. The maximum Gasteiger partial charge on any atom is 0.261 e. The quantitative estimate of drug-likeness (QED) is 0.297. The first-order valence-corrected chi connectivity index (χ1v) is 14.8. The normalized spacial score (nSPS) is 13.1. The van der Waals surface area contributed by atoms with Gasteiger partial charge in [-0.3, -0.25) is 4.79 Å². The van der Waals surface area contributed by atoms with Gasteiger partial charge in [-0.25, -0.2) is 16.8 Å². The van der Waals surface area contributed by atoms with Crippen LogP contribution in [0.25, 0.3) is 0 Å². The lowest BCUT2D eigenvalue weighted by atomic mass is 10.2. The molecule has 172 valence electrons. The van der Waals surface area contributed by atoms with Gasteiger partial charge < -0.3 is 10.4 Å². The molecular formula is C19H26N2O6S4. The number of sulfonamides is 1. The highest BCUT2D eigenvalue weighted by molar-refractivity contribution is 7.98. The molecular weight excluding hydrogens is 480 g/mol. The van der Waals surface area contributed by atoms with Crippen molar-refractivity contribution in [1.29, 1.82) is 0 Å². The SMILES string of the molecule is CCC(O)NS(=O)(=O)c1cccc(CSCCCNC(=O)c2ccc(S(C)(=O)=O)s2)c1. The summed E-state index contributed by atoms with van der Waals surface area (Å²) in [5.74, 6) is 1.06. The molecule has 0 aliphatic rings. The first-order chi connectivity index (χ1) is 14.5. The maximum absolute atomic E-state index is 12.3. The molecule has 0 fully saturated rings. The fraction of sp³-hybridized carbons (Fsp3) is 0.421. The van der Waals surface area contributed by atoms with E-state index in [1.165, 1.54) is 18.2 Å². The molecule has 2 rings (SSSR count). The van der Waals surface area contributed by atoms with E-state index in [-0.39, 0.29) is 21.4 Å². The van der Waals surface area contributed by atoms with E-state index >= 15 is 0 Å². The third-order valence-corrected chi connectivity index (χ3v) is 9.55. The zero-order valence-corrected chi connectivity index (χ0v) is 20.5. The van der Waals surface area contributed by atoms with Gasteiger partial charge in [0.2, 0.25) is 10.0 Å². The van der Waals surface area contributed by atoms with Crippen molar-refractivity contribution in [3.63, 3.8) is 0 Å². The second-order valence-corrected chi connectivity index (χ2v) is 12.9. The van der Waals surface area contributed by atoms with Gasteiger partial charge in [-0.1, -0.05) is 19.1 Å². The molecule has 8 nitrogen and oxygen atoms in total. The van der Waals surface area contributed by atoms with Crippen LogP contribution in [0.3, 0.4) is 0 Å². The van der Waals surface area contributed by atoms with Crippen molar-refractivity contribution in [3.8, 4) is 0 Å². The fourth-order valence-electron chi connectivity index (χ4n) is 2.43. The molecule has 0 bridgehead atoms. The summed E-state index contributed by atoms with van der Waals surface area (Å²) in [5.41, 5.74) is 0.842. The molecule has 0 saturated carbocycles. The molecule has 1 amide bonds. The zero-order valence-electron chi connectivity index (χ0n) is 17.2. The number of aliphatic hydroxyl groups excluding tert-OH is 1. The topological polar surface area (TPSA) is 130 Å². The van der Waals surface area contributed by atoms with E-state index < -0.39 is 26.1 Å². The number of aliphatic hydroxyl groups is 1. The van der Waals surface area contributed by atoms with E-state index in [1.807, 2.05) is 6.07 Å². The van der Waals surface area contributed by atoms with Gasteiger partial charge in [0.05, 0.1) is 9.77 Å². The third kappa shape index (κ3) is 8.20. The second kappa shape index (κ2) is 11.4. The van der Waals surface area contributed by atoms with E-state index in [4.69, 9.17) is 0 Å². The molecule has 0 spiro atoms. The average molecular weight is 507 g/mol. The van der Waals surface area contributed by atoms with Crippen LogP contribution in [-0.4, -0.2) is 52.6 Å². The number of sulfone groups is 1. The summed E-state index contributed by atoms with van der Waals surface area (Å²) in [6.07, 6.45) is 0.971. The van der Waals surface area contributed by atoms with E-state index in [1.54, 1.807) is 30.8 Å². The lowest BCUT2D eigenvalue weighted by molar-refractivity contribution is 0.0957.